The van der Waals surface area contributed by atoms with Gasteiger partial charge in [0.2, 0.25) is 5.89 Å². The SMILES string of the molecule is Cc1coc(-c2cc(NC(=O)C3(n4cccn4)CCNCC3)ccc2C)n1.Cl. The molecule has 1 aliphatic rings. The van der Waals surface area contributed by atoms with Gasteiger partial charge >= 0.3 is 0 Å². The van der Waals surface area contributed by atoms with Crippen LogP contribution in [-0.2, 0) is 10.3 Å². The Morgan fingerprint density at radius 1 is 1.29 bits per heavy atom. The molecule has 1 aromatic carbocycles. The first-order valence-corrected chi connectivity index (χ1v) is 9.14. The van der Waals surface area contributed by atoms with Crippen LogP contribution in [0.5, 0.6) is 0 Å². The van der Waals surface area contributed by atoms with E-state index in [0.29, 0.717) is 18.7 Å². The summed E-state index contributed by atoms with van der Waals surface area (Å²) in [5, 5.41) is 10.8. The van der Waals surface area contributed by atoms with Gasteiger partial charge in [0.05, 0.1) is 5.69 Å². The van der Waals surface area contributed by atoms with Gasteiger partial charge in [0.15, 0.2) is 0 Å². The number of aromatic nitrogens is 3. The van der Waals surface area contributed by atoms with Gasteiger partial charge in [0, 0.05) is 23.6 Å². The van der Waals surface area contributed by atoms with Gasteiger partial charge < -0.3 is 15.1 Å². The van der Waals surface area contributed by atoms with Crippen LogP contribution in [0.2, 0.25) is 0 Å². The molecule has 0 bridgehead atoms. The largest absolute Gasteiger partial charge is 0.444 e. The molecular formula is C20H24ClN5O2. The summed E-state index contributed by atoms with van der Waals surface area (Å²) in [6, 6.07) is 7.64. The van der Waals surface area contributed by atoms with Gasteiger partial charge in [-0.2, -0.15) is 5.10 Å². The molecule has 1 aliphatic heterocycles. The second-order valence-electron chi connectivity index (χ2n) is 7.01. The molecule has 4 rings (SSSR count). The fourth-order valence-corrected chi connectivity index (χ4v) is 3.58. The summed E-state index contributed by atoms with van der Waals surface area (Å²) in [5.74, 6) is 0.510. The van der Waals surface area contributed by atoms with Crippen molar-refractivity contribution in [3.8, 4) is 11.5 Å². The third kappa shape index (κ3) is 3.68. The molecule has 2 N–H and O–H groups in total. The number of carbonyl (C=O) groups excluding carboxylic acids is 1. The minimum atomic E-state index is -0.681. The smallest absolute Gasteiger partial charge is 0.252 e. The van der Waals surface area contributed by atoms with Crippen LogP contribution in [-0.4, -0.2) is 33.8 Å². The molecule has 0 atom stereocenters. The van der Waals surface area contributed by atoms with Crippen molar-refractivity contribution in [2.75, 3.05) is 18.4 Å². The average molecular weight is 402 g/mol. The zero-order chi connectivity index (χ0) is 18.9. The van der Waals surface area contributed by atoms with Crippen LogP contribution in [0.3, 0.4) is 0 Å². The first-order chi connectivity index (χ1) is 13.1. The van der Waals surface area contributed by atoms with Crippen LogP contribution in [0.1, 0.15) is 24.1 Å². The molecular weight excluding hydrogens is 378 g/mol. The van der Waals surface area contributed by atoms with Crippen molar-refractivity contribution in [1.82, 2.24) is 20.1 Å². The number of amides is 1. The third-order valence-corrected chi connectivity index (χ3v) is 5.14. The fourth-order valence-electron chi connectivity index (χ4n) is 3.58. The number of aryl methyl sites for hydroxylation is 2. The van der Waals surface area contributed by atoms with Gasteiger partial charge in [-0.25, -0.2) is 4.98 Å². The maximum atomic E-state index is 13.3. The van der Waals surface area contributed by atoms with Gasteiger partial charge in [-0.15, -0.1) is 12.4 Å². The normalized spacial score (nSPS) is 15.6. The Morgan fingerprint density at radius 3 is 2.71 bits per heavy atom. The highest BCUT2D eigenvalue weighted by molar-refractivity contribution is 5.97. The number of nitrogens with one attached hydrogen (secondary N) is 2. The van der Waals surface area contributed by atoms with E-state index < -0.39 is 5.54 Å². The Kier molecular flexibility index (Phi) is 5.86. The highest BCUT2D eigenvalue weighted by Crippen LogP contribution is 2.30. The van der Waals surface area contributed by atoms with Crippen LogP contribution in [0.25, 0.3) is 11.5 Å². The number of anilines is 1. The topological polar surface area (TPSA) is 85.0 Å². The number of rotatable bonds is 4. The van der Waals surface area contributed by atoms with Gasteiger partial charge in [-0.05, 0) is 63.5 Å². The van der Waals surface area contributed by atoms with Crippen molar-refractivity contribution in [2.45, 2.75) is 32.2 Å². The van der Waals surface area contributed by atoms with Crippen molar-refractivity contribution in [3.05, 3.63) is 54.2 Å². The third-order valence-electron chi connectivity index (χ3n) is 5.14. The van der Waals surface area contributed by atoms with Crippen LogP contribution in [0, 0.1) is 13.8 Å². The fraction of sp³-hybridized carbons (Fsp3) is 0.350. The molecule has 3 heterocycles. The molecule has 0 aliphatic carbocycles. The van der Waals surface area contributed by atoms with E-state index in [1.807, 2.05) is 44.3 Å². The number of oxazole rings is 1. The summed E-state index contributed by atoms with van der Waals surface area (Å²) >= 11 is 0. The molecule has 1 saturated heterocycles. The molecule has 0 unspecified atom stereocenters. The second-order valence-corrected chi connectivity index (χ2v) is 7.01. The lowest BCUT2D eigenvalue weighted by molar-refractivity contribution is -0.126. The summed E-state index contributed by atoms with van der Waals surface area (Å²) in [7, 11) is 0. The van der Waals surface area contributed by atoms with E-state index in [9.17, 15) is 4.79 Å². The first kappa shape index (κ1) is 20.1. The van der Waals surface area contributed by atoms with Crippen molar-refractivity contribution in [3.63, 3.8) is 0 Å². The summed E-state index contributed by atoms with van der Waals surface area (Å²) in [4.78, 5) is 17.7. The molecule has 1 amide bonds. The van der Waals surface area contributed by atoms with Gasteiger partial charge in [0.25, 0.3) is 5.91 Å². The Balaban J connectivity index is 0.00000225. The van der Waals surface area contributed by atoms with E-state index in [4.69, 9.17) is 4.42 Å². The van der Waals surface area contributed by atoms with Crippen LogP contribution >= 0.6 is 12.4 Å². The number of hydrogen-bond donors (Lipinski definition) is 2. The Labute approximate surface area is 169 Å². The summed E-state index contributed by atoms with van der Waals surface area (Å²) in [6.45, 7) is 5.45. The minimum Gasteiger partial charge on any atom is -0.444 e. The summed E-state index contributed by atoms with van der Waals surface area (Å²) < 4.78 is 7.33. The molecule has 28 heavy (non-hydrogen) atoms. The first-order valence-electron chi connectivity index (χ1n) is 9.14. The quantitative estimate of drug-likeness (QED) is 0.700. The lowest BCUT2D eigenvalue weighted by atomic mass is 9.87. The van der Waals surface area contributed by atoms with Crippen molar-refractivity contribution >= 4 is 24.0 Å². The van der Waals surface area contributed by atoms with Gasteiger partial charge in [0.1, 0.15) is 11.8 Å². The van der Waals surface area contributed by atoms with Gasteiger partial charge in [-0.1, -0.05) is 6.07 Å². The number of benzene rings is 1. The molecule has 0 saturated carbocycles. The van der Waals surface area contributed by atoms with E-state index in [-0.39, 0.29) is 18.3 Å². The average Bonchev–Trinajstić information content (AvgIpc) is 3.36. The van der Waals surface area contributed by atoms with E-state index in [2.05, 4.69) is 20.7 Å². The zero-order valence-electron chi connectivity index (χ0n) is 15.9. The van der Waals surface area contributed by atoms with Crippen molar-refractivity contribution < 1.29 is 9.21 Å². The number of halogens is 1. The molecule has 7 nitrogen and oxygen atoms in total. The summed E-state index contributed by atoms with van der Waals surface area (Å²) in [5.41, 5.74) is 2.78. The second kappa shape index (κ2) is 8.16. The highest BCUT2D eigenvalue weighted by atomic mass is 35.5. The Hall–Kier alpha value is -2.64. The minimum absolute atomic E-state index is 0. The van der Waals surface area contributed by atoms with Crippen molar-refractivity contribution in [2.24, 2.45) is 0 Å². The molecule has 148 valence electrons. The lowest BCUT2D eigenvalue weighted by Crippen LogP contribution is -2.52. The zero-order valence-corrected chi connectivity index (χ0v) is 16.8. The van der Waals surface area contributed by atoms with Crippen molar-refractivity contribution in [1.29, 1.82) is 0 Å². The molecule has 2 aromatic heterocycles. The summed E-state index contributed by atoms with van der Waals surface area (Å²) in [6.07, 6.45) is 6.59. The maximum Gasteiger partial charge on any atom is 0.252 e. The van der Waals surface area contributed by atoms with Gasteiger partial charge in [-0.3, -0.25) is 9.48 Å². The lowest BCUT2D eigenvalue weighted by Gasteiger charge is -2.36. The predicted molar refractivity (Wildman–Crippen MR) is 110 cm³/mol. The molecule has 0 spiro atoms. The standard InChI is InChI=1S/C20H23N5O2.ClH/c1-14-4-5-16(12-17(14)18-23-15(2)13-27-18)24-19(26)20(6-9-21-10-7-20)25-11-3-8-22-25;/h3-5,8,11-13,21H,6-7,9-10H2,1-2H3,(H,24,26);1H. The molecule has 0 radical (unpaired) electrons. The van der Waals surface area contributed by atoms with Crippen LogP contribution < -0.4 is 10.6 Å². The molecule has 1 fully saturated rings. The number of piperidine rings is 1. The molecule has 8 heteroatoms. The number of hydrogen-bond acceptors (Lipinski definition) is 5. The highest BCUT2D eigenvalue weighted by Gasteiger charge is 2.42. The van der Waals surface area contributed by atoms with E-state index in [1.54, 1.807) is 17.1 Å². The number of carbonyl (C=O) groups is 1. The Bertz CT molecular complexity index is 945. The monoisotopic (exact) mass is 401 g/mol. The molecule has 3 aromatic rings. The Morgan fingerprint density at radius 2 is 2.07 bits per heavy atom. The van der Waals surface area contributed by atoms with E-state index in [1.165, 1.54) is 0 Å². The van der Waals surface area contributed by atoms with E-state index in [0.717, 1.165) is 35.6 Å². The van der Waals surface area contributed by atoms with E-state index >= 15 is 0 Å². The maximum absolute atomic E-state index is 13.3. The van der Waals surface area contributed by atoms with Crippen LogP contribution in [0.4, 0.5) is 5.69 Å². The predicted octanol–water partition coefficient (Wildman–Crippen LogP) is 3.29. The van der Waals surface area contributed by atoms with Crippen LogP contribution in [0.15, 0.2) is 47.3 Å². The number of nitrogens with zero attached hydrogens (tertiary/aromatic N) is 3.